The number of para-hydroxylation sites is 2. The number of H-pyrrole nitrogens is 1. The van der Waals surface area contributed by atoms with Crippen molar-refractivity contribution in [3.63, 3.8) is 0 Å². The molecule has 1 atom stereocenters. The van der Waals surface area contributed by atoms with Crippen LogP contribution in [-0.2, 0) is 16.0 Å². The number of nitrogens with two attached hydrogens (primary N) is 1. The highest BCUT2D eigenvalue weighted by Gasteiger charge is 2.22. The number of nitrogens with one attached hydrogen (secondary N) is 1. The number of carbonyl (C=O) groups is 1. The largest absolute Gasteiger partial charge is 0.459 e. The Morgan fingerprint density at radius 2 is 2.10 bits per heavy atom. The molecule has 0 spiro atoms. The van der Waals surface area contributed by atoms with Gasteiger partial charge in [-0.2, -0.15) is 0 Å². The Morgan fingerprint density at radius 3 is 2.75 bits per heavy atom. The summed E-state index contributed by atoms with van der Waals surface area (Å²) in [5.41, 5.74) is 7.26. The summed E-state index contributed by atoms with van der Waals surface area (Å²) in [7, 11) is 0. The van der Waals surface area contributed by atoms with Gasteiger partial charge in [0.2, 0.25) is 0 Å². The first-order valence-corrected chi connectivity index (χ1v) is 6.77. The van der Waals surface area contributed by atoms with Gasteiger partial charge in [0.15, 0.2) is 0 Å². The van der Waals surface area contributed by atoms with Crippen molar-refractivity contribution < 1.29 is 9.53 Å². The van der Waals surface area contributed by atoms with Crippen LogP contribution in [0.3, 0.4) is 0 Å². The Bertz CT molecular complexity index is 565. The smallest absolute Gasteiger partial charge is 0.323 e. The van der Waals surface area contributed by atoms with Gasteiger partial charge in [-0.15, -0.1) is 0 Å². The van der Waals surface area contributed by atoms with Crippen LogP contribution in [-0.4, -0.2) is 27.6 Å². The summed E-state index contributed by atoms with van der Waals surface area (Å²) in [5.74, 6) is 0.471. The van der Waals surface area contributed by atoms with Gasteiger partial charge in [0.05, 0.1) is 11.0 Å². The summed E-state index contributed by atoms with van der Waals surface area (Å²) >= 11 is 0. The van der Waals surface area contributed by atoms with E-state index in [4.69, 9.17) is 10.5 Å². The standard InChI is InChI=1S/C15H21N3O2/c1-15(2,3)20-14(19)10(16)8-9-13-17-11-6-4-5-7-12(11)18-13/h4-7,10H,8-9,16H2,1-3H3,(H,17,18). The number of aryl methyl sites for hydroxylation is 1. The summed E-state index contributed by atoms with van der Waals surface area (Å²) in [6, 6.07) is 7.20. The maximum atomic E-state index is 11.8. The average Bonchev–Trinajstić information content (AvgIpc) is 2.76. The molecule has 0 amide bonds. The first-order chi connectivity index (χ1) is 9.35. The predicted octanol–water partition coefficient (Wildman–Crippen LogP) is 2.16. The molecular formula is C15H21N3O2. The van der Waals surface area contributed by atoms with Gasteiger partial charge in [-0.05, 0) is 39.3 Å². The van der Waals surface area contributed by atoms with Crippen molar-refractivity contribution in [2.24, 2.45) is 5.73 Å². The van der Waals surface area contributed by atoms with Gasteiger partial charge >= 0.3 is 5.97 Å². The SMILES string of the molecule is CC(C)(C)OC(=O)C(N)CCc1nc2ccccc2[nH]1. The van der Waals surface area contributed by atoms with Crippen LogP contribution < -0.4 is 5.73 Å². The molecule has 2 rings (SSSR count). The van der Waals surface area contributed by atoms with E-state index in [0.717, 1.165) is 16.9 Å². The molecule has 5 nitrogen and oxygen atoms in total. The fourth-order valence-corrected chi connectivity index (χ4v) is 1.91. The molecule has 0 aliphatic heterocycles. The molecule has 1 heterocycles. The molecule has 0 fully saturated rings. The number of hydrogen-bond donors (Lipinski definition) is 2. The van der Waals surface area contributed by atoms with Gasteiger partial charge in [0.25, 0.3) is 0 Å². The Morgan fingerprint density at radius 1 is 1.40 bits per heavy atom. The van der Waals surface area contributed by atoms with Crippen LogP contribution in [0.2, 0.25) is 0 Å². The zero-order chi connectivity index (χ0) is 14.8. The van der Waals surface area contributed by atoms with Crippen LogP contribution >= 0.6 is 0 Å². The summed E-state index contributed by atoms with van der Waals surface area (Å²) in [4.78, 5) is 19.4. The summed E-state index contributed by atoms with van der Waals surface area (Å²) < 4.78 is 5.25. The third kappa shape index (κ3) is 3.81. The summed E-state index contributed by atoms with van der Waals surface area (Å²) in [5, 5.41) is 0. The van der Waals surface area contributed by atoms with E-state index in [0.29, 0.717) is 12.8 Å². The lowest BCUT2D eigenvalue weighted by atomic mass is 10.1. The van der Waals surface area contributed by atoms with Gasteiger partial charge in [-0.25, -0.2) is 4.98 Å². The third-order valence-corrected chi connectivity index (χ3v) is 2.84. The van der Waals surface area contributed by atoms with Crippen molar-refractivity contribution >= 4 is 17.0 Å². The number of benzene rings is 1. The minimum Gasteiger partial charge on any atom is -0.459 e. The second-order valence-corrected chi connectivity index (χ2v) is 5.88. The monoisotopic (exact) mass is 275 g/mol. The van der Waals surface area contributed by atoms with Crippen LogP contribution in [0.15, 0.2) is 24.3 Å². The number of rotatable bonds is 4. The lowest BCUT2D eigenvalue weighted by molar-refractivity contribution is -0.156. The number of nitrogens with zero attached hydrogens (tertiary/aromatic N) is 1. The molecule has 3 N–H and O–H groups in total. The molecule has 20 heavy (non-hydrogen) atoms. The number of aromatic nitrogens is 2. The van der Waals surface area contributed by atoms with Crippen LogP contribution in [0.5, 0.6) is 0 Å². The highest BCUT2D eigenvalue weighted by Crippen LogP contribution is 2.13. The fourth-order valence-electron chi connectivity index (χ4n) is 1.91. The van der Waals surface area contributed by atoms with Crippen molar-refractivity contribution in [3.8, 4) is 0 Å². The molecule has 1 aromatic heterocycles. The quantitative estimate of drug-likeness (QED) is 0.838. The first-order valence-electron chi connectivity index (χ1n) is 6.77. The molecule has 0 saturated heterocycles. The zero-order valence-corrected chi connectivity index (χ0v) is 12.1. The highest BCUT2D eigenvalue weighted by molar-refractivity contribution is 5.76. The molecule has 1 aromatic carbocycles. The van der Waals surface area contributed by atoms with Crippen molar-refractivity contribution in [1.29, 1.82) is 0 Å². The van der Waals surface area contributed by atoms with E-state index in [-0.39, 0.29) is 5.97 Å². The molecule has 0 saturated carbocycles. The lowest BCUT2D eigenvalue weighted by Crippen LogP contribution is -2.37. The van der Waals surface area contributed by atoms with E-state index < -0.39 is 11.6 Å². The minimum absolute atomic E-state index is 0.367. The lowest BCUT2D eigenvalue weighted by Gasteiger charge is -2.21. The number of esters is 1. The molecule has 108 valence electrons. The summed E-state index contributed by atoms with van der Waals surface area (Å²) in [6.07, 6.45) is 1.13. The van der Waals surface area contributed by atoms with Gasteiger partial charge in [0, 0.05) is 6.42 Å². The number of carbonyl (C=O) groups excluding carboxylic acids is 1. The molecule has 0 aliphatic rings. The number of ether oxygens (including phenoxy) is 1. The molecule has 2 aromatic rings. The third-order valence-electron chi connectivity index (χ3n) is 2.84. The van der Waals surface area contributed by atoms with Crippen molar-refractivity contribution in [3.05, 3.63) is 30.1 Å². The van der Waals surface area contributed by atoms with E-state index in [1.165, 1.54) is 0 Å². The first kappa shape index (κ1) is 14.5. The Kier molecular flexibility index (Phi) is 4.09. The van der Waals surface area contributed by atoms with Gasteiger partial charge in [0.1, 0.15) is 17.5 Å². The molecule has 0 aliphatic carbocycles. The zero-order valence-electron chi connectivity index (χ0n) is 12.1. The Labute approximate surface area is 118 Å². The van der Waals surface area contributed by atoms with Gasteiger partial charge < -0.3 is 15.5 Å². The average molecular weight is 275 g/mol. The highest BCUT2D eigenvalue weighted by atomic mass is 16.6. The molecule has 5 heteroatoms. The Balaban J connectivity index is 1.93. The number of imidazole rings is 1. The van der Waals surface area contributed by atoms with Crippen LogP contribution in [0.25, 0.3) is 11.0 Å². The number of hydrogen-bond acceptors (Lipinski definition) is 4. The van der Waals surface area contributed by atoms with Crippen LogP contribution in [0.1, 0.15) is 33.0 Å². The maximum absolute atomic E-state index is 11.8. The van der Waals surface area contributed by atoms with Gasteiger partial charge in [-0.1, -0.05) is 12.1 Å². The second-order valence-electron chi connectivity index (χ2n) is 5.88. The fraction of sp³-hybridized carbons (Fsp3) is 0.467. The normalized spacial score (nSPS) is 13.4. The molecular weight excluding hydrogens is 254 g/mol. The number of aromatic amines is 1. The molecule has 0 radical (unpaired) electrons. The van der Waals surface area contributed by atoms with Crippen LogP contribution in [0, 0.1) is 0 Å². The number of fused-ring (bicyclic) bond motifs is 1. The second kappa shape index (κ2) is 5.63. The van der Waals surface area contributed by atoms with E-state index in [1.54, 1.807) is 0 Å². The van der Waals surface area contributed by atoms with E-state index >= 15 is 0 Å². The van der Waals surface area contributed by atoms with Crippen molar-refractivity contribution in [1.82, 2.24) is 9.97 Å². The molecule has 1 unspecified atom stereocenters. The van der Waals surface area contributed by atoms with Gasteiger partial charge in [-0.3, -0.25) is 4.79 Å². The topological polar surface area (TPSA) is 81.0 Å². The molecule has 0 bridgehead atoms. The van der Waals surface area contributed by atoms with Crippen molar-refractivity contribution in [2.45, 2.75) is 45.3 Å². The summed E-state index contributed by atoms with van der Waals surface area (Å²) in [6.45, 7) is 5.49. The maximum Gasteiger partial charge on any atom is 0.323 e. The van der Waals surface area contributed by atoms with Crippen LogP contribution in [0.4, 0.5) is 0 Å². The van der Waals surface area contributed by atoms with E-state index in [1.807, 2.05) is 45.0 Å². The van der Waals surface area contributed by atoms with E-state index in [9.17, 15) is 4.79 Å². The predicted molar refractivity (Wildman–Crippen MR) is 78.2 cm³/mol. The minimum atomic E-state index is -0.623. The van der Waals surface area contributed by atoms with Crippen molar-refractivity contribution in [2.75, 3.05) is 0 Å². The van der Waals surface area contributed by atoms with E-state index in [2.05, 4.69) is 9.97 Å². The Hall–Kier alpha value is -1.88.